The highest BCUT2D eigenvalue weighted by Gasteiger charge is 2.33. The lowest BCUT2D eigenvalue weighted by molar-refractivity contribution is 0.186. The van der Waals surface area contributed by atoms with Crippen molar-refractivity contribution >= 4 is 20.6 Å². The van der Waals surface area contributed by atoms with Crippen LogP contribution < -0.4 is 5.84 Å². The smallest absolute Gasteiger partial charge is 0.181 e. The number of hydrazine groups is 1. The lowest BCUT2D eigenvalue weighted by atomic mass is 9.95. The molecule has 0 saturated carbocycles. The van der Waals surface area contributed by atoms with Crippen molar-refractivity contribution in [2.45, 2.75) is 29.9 Å². The first-order chi connectivity index (χ1) is 10.5. The molecule has 0 amide bonds. The molecule has 1 atom stereocenters. The highest BCUT2D eigenvalue weighted by Crippen LogP contribution is 2.31. The molecule has 1 saturated heterocycles. The van der Waals surface area contributed by atoms with Gasteiger partial charge in [0.2, 0.25) is 0 Å². The van der Waals surface area contributed by atoms with E-state index in [2.05, 4.69) is 4.98 Å². The topological polar surface area (TPSA) is 76.3 Å². The van der Waals surface area contributed by atoms with Crippen LogP contribution in [0.1, 0.15) is 19.8 Å². The van der Waals surface area contributed by atoms with E-state index in [1.807, 2.05) is 13.0 Å². The number of hydrogen-bond acceptors (Lipinski definition) is 5. The van der Waals surface area contributed by atoms with E-state index in [1.54, 1.807) is 35.6 Å². The summed E-state index contributed by atoms with van der Waals surface area (Å²) in [5.41, 5.74) is 0. The lowest BCUT2D eigenvalue weighted by Gasteiger charge is -2.32. The van der Waals surface area contributed by atoms with Gasteiger partial charge in [0.15, 0.2) is 9.84 Å². The monoisotopic (exact) mass is 319 g/mol. The van der Waals surface area contributed by atoms with Crippen molar-refractivity contribution in [1.29, 1.82) is 0 Å². The number of sulfone groups is 1. The number of rotatable bonds is 3. The summed E-state index contributed by atoms with van der Waals surface area (Å²) in [5, 5.41) is 2.97. The van der Waals surface area contributed by atoms with Crippen LogP contribution in [-0.2, 0) is 9.84 Å². The second-order valence-electron chi connectivity index (χ2n) is 5.98. The van der Waals surface area contributed by atoms with Crippen molar-refractivity contribution in [1.82, 2.24) is 9.99 Å². The van der Waals surface area contributed by atoms with Crippen LogP contribution >= 0.6 is 0 Å². The molecule has 1 aromatic heterocycles. The Kier molecular flexibility index (Phi) is 4.16. The average Bonchev–Trinajstić information content (AvgIpc) is 2.54. The standard InChI is InChI=1S/C16H21N3O2S/c1-12(13-6-9-19(17)10-7-13)22(20,21)16-4-2-3-14-11-18-8-5-15(14)16/h2-5,8,11-13H,6-7,9-10,17H2,1H3. The number of benzene rings is 1. The molecule has 2 aromatic rings. The van der Waals surface area contributed by atoms with Crippen LogP contribution in [0.5, 0.6) is 0 Å². The molecule has 118 valence electrons. The molecule has 0 radical (unpaired) electrons. The zero-order valence-corrected chi connectivity index (χ0v) is 13.5. The third-order valence-corrected chi connectivity index (χ3v) is 7.01. The molecular weight excluding hydrogens is 298 g/mol. The van der Waals surface area contributed by atoms with E-state index in [0.717, 1.165) is 36.7 Å². The van der Waals surface area contributed by atoms with Crippen LogP contribution in [0.4, 0.5) is 0 Å². The fraction of sp³-hybridized carbons (Fsp3) is 0.438. The molecule has 1 fully saturated rings. The number of nitrogens with zero attached hydrogens (tertiary/aromatic N) is 2. The Morgan fingerprint density at radius 1 is 1.27 bits per heavy atom. The molecule has 1 aliphatic rings. The Morgan fingerprint density at radius 2 is 2.00 bits per heavy atom. The SMILES string of the molecule is CC(C1CCN(N)CC1)S(=O)(=O)c1cccc2cnccc12. The normalized spacial score (nSPS) is 19.4. The molecular formula is C16H21N3O2S. The quantitative estimate of drug-likeness (QED) is 0.876. The van der Waals surface area contributed by atoms with E-state index in [0.29, 0.717) is 4.90 Å². The number of fused-ring (bicyclic) bond motifs is 1. The molecule has 0 bridgehead atoms. The summed E-state index contributed by atoms with van der Waals surface area (Å²) in [5.74, 6) is 5.92. The van der Waals surface area contributed by atoms with E-state index < -0.39 is 15.1 Å². The van der Waals surface area contributed by atoms with Crippen LogP contribution in [0, 0.1) is 5.92 Å². The van der Waals surface area contributed by atoms with Gasteiger partial charge in [-0.05, 0) is 37.8 Å². The molecule has 3 rings (SSSR count). The summed E-state index contributed by atoms with van der Waals surface area (Å²) in [6.07, 6.45) is 4.98. The van der Waals surface area contributed by atoms with Gasteiger partial charge in [0.05, 0.1) is 10.1 Å². The van der Waals surface area contributed by atoms with E-state index in [1.165, 1.54) is 0 Å². The Hall–Kier alpha value is -1.50. The minimum atomic E-state index is -3.37. The average molecular weight is 319 g/mol. The fourth-order valence-corrected chi connectivity index (χ4v) is 5.12. The van der Waals surface area contributed by atoms with Crippen molar-refractivity contribution < 1.29 is 8.42 Å². The van der Waals surface area contributed by atoms with Crippen LogP contribution in [0.15, 0.2) is 41.6 Å². The van der Waals surface area contributed by atoms with Crippen LogP contribution in [0.25, 0.3) is 10.8 Å². The van der Waals surface area contributed by atoms with Crippen LogP contribution in [0.2, 0.25) is 0 Å². The molecule has 2 N–H and O–H groups in total. The number of pyridine rings is 1. The van der Waals surface area contributed by atoms with Crippen molar-refractivity contribution in [2.75, 3.05) is 13.1 Å². The summed E-state index contributed by atoms with van der Waals surface area (Å²) in [6.45, 7) is 3.33. The molecule has 6 heteroatoms. The maximum absolute atomic E-state index is 13.1. The number of piperidine rings is 1. The maximum Gasteiger partial charge on any atom is 0.181 e. The van der Waals surface area contributed by atoms with Crippen molar-refractivity contribution in [3.8, 4) is 0 Å². The predicted molar refractivity (Wildman–Crippen MR) is 86.9 cm³/mol. The summed E-state index contributed by atoms with van der Waals surface area (Å²) < 4.78 is 26.1. The molecule has 0 aliphatic carbocycles. The Bertz CT molecular complexity index is 763. The van der Waals surface area contributed by atoms with Gasteiger partial charge in [0, 0.05) is 36.3 Å². The first-order valence-electron chi connectivity index (χ1n) is 7.56. The number of nitrogens with two attached hydrogens (primary N) is 1. The molecule has 1 unspecified atom stereocenters. The molecule has 22 heavy (non-hydrogen) atoms. The highest BCUT2D eigenvalue weighted by molar-refractivity contribution is 7.92. The largest absolute Gasteiger partial charge is 0.269 e. The highest BCUT2D eigenvalue weighted by atomic mass is 32.2. The summed E-state index contributed by atoms with van der Waals surface area (Å²) >= 11 is 0. The zero-order chi connectivity index (χ0) is 15.7. The van der Waals surface area contributed by atoms with Crippen molar-refractivity contribution in [2.24, 2.45) is 11.8 Å². The van der Waals surface area contributed by atoms with Gasteiger partial charge in [-0.1, -0.05) is 12.1 Å². The fourth-order valence-electron chi connectivity index (χ4n) is 3.18. The van der Waals surface area contributed by atoms with E-state index >= 15 is 0 Å². The third-order valence-electron chi connectivity index (χ3n) is 4.67. The third kappa shape index (κ3) is 2.74. The zero-order valence-electron chi connectivity index (χ0n) is 12.6. The van der Waals surface area contributed by atoms with Crippen molar-refractivity contribution in [3.63, 3.8) is 0 Å². The van der Waals surface area contributed by atoms with Crippen molar-refractivity contribution in [3.05, 3.63) is 36.7 Å². The molecule has 5 nitrogen and oxygen atoms in total. The number of aromatic nitrogens is 1. The van der Waals surface area contributed by atoms with Gasteiger partial charge in [0.1, 0.15) is 0 Å². The lowest BCUT2D eigenvalue weighted by Crippen LogP contribution is -2.42. The first kappa shape index (κ1) is 15.4. The Labute approximate surface area is 131 Å². The summed E-state index contributed by atoms with van der Waals surface area (Å²) in [4.78, 5) is 4.48. The van der Waals surface area contributed by atoms with Gasteiger partial charge in [0.25, 0.3) is 0 Å². The van der Waals surface area contributed by atoms with Gasteiger partial charge in [-0.3, -0.25) is 10.8 Å². The Balaban J connectivity index is 1.98. The molecule has 2 heterocycles. The van der Waals surface area contributed by atoms with Gasteiger partial charge in [-0.2, -0.15) is 0 Å². The minimum Gasteiger partial charge on any atom is -0.269 e. The van der Waals surface area contributed by atoms with E-state index in [4.69, 9.17) is 5.84 Å². The van der Waals surface area contributed by atoms with Crippen LogP contribution in [0.3, 0.4) is 0 Å². The predicted octanol–water partition coefficient (Wildman–Crippen LogP) is 1.98. The molecule has 1 aromatic carbocycles. The van der Waals surface area contributed by atoms with Gasteiger partial charge in [-0.15, -0.1) is 0 Å². The van der Waals surface area contributed by atoms with Gasteiger partial charge in [-0.25, -0.2) is 13.4 Å². The summed E-state index contributed by atoms with van der Waals surface area (Å²) in [6, 6.07) is 7.15. The molecule has 0 spiro atoms. The Morgan fingerprint density at radius 3 is 2.73 bits per heavy atom. The van der Waals surface area contributed by atoms with Gasteiger partial charge >= 0.3 is 0 Å². The van der Waals surface area contributed by atoms with E-state index in [9.17, 15) is 8.42 Å². The second-order valence-corrected chi connectivity index (χ2v) is 8.25. The summed E-state index contributed by atoms with van der Waals surface area (Å²) in [7, 11) is -3.37. The van der Waals surface area contributed by atoms with Crippen LogP contribution in [-0.4, -0.2) is 36.8 Å². The van der Waals surface area contributed by atoms with E-state index in [-0.39, 0.29) is 5.92 Å². The molecule has 1 aliphatic heterocycles. The minimum absolute atomic E-state index is 0.155. The first-order valence-corrected chi connectivity index (χ1v) is 9.11. The number of hydrogen-bond donors (Lipinski definition) is 1. The second kappa shape index (κ2) is 5.95. The van der Waals surface area contributed by atoms with Gasteiger partial charge < -0.3 is 0 Å². The maximum atomic E-state index is 13.1.